The number of piperazine rings is 1. The van der Waals surface area contributed by atoms with Crippen molar-refractivity contribution in [1.29, 1.82) is 0 Å². The van der Waals surface area contributed by atoms with Gasteiger partial charge in [0, 0.05) is 38.3 Å². The topological polar surface area (TPSA) is 43.9 Å². The van der Waals surface area contributed by atoms with Gasteiger partial charge in [-0.15, -0.1) is 0 Å². The van der Waals surface area contributed by atoms with E-state index < -0.39 is 11.6 Å². The Morgan fingerprint density at radius 3 is 2.32 bits per heavy atom. The van der Waals surface area contributed by atoms with E-state index in [0.29, 0.717) is 32.1 Å². The van der Waals surface area contributed by atoms with Crippen molar-refractivity contribution in [2.75, 3.05) is 39.3 Å². The standard InChI is InChI=1S/C21H29F2N3O2/c1-15(2)14-26-8-4-3-5-19(26)21(28)25-11-9-24(10-12-25)20(27)16-6-7-17(22)18(23)13-16/h6-7,13,15,19H,3-5,8-12,14H2,1-2H3/t19-/m1/s1. The zero-order valence-electron chi connectivity index (χ0n) is 16.7. The molecule has 2 amide bonds. The minimum Gasteiger partial charge on any atom is -0.338 e. The average molecular weight is 393 g/mol. The summed E-state index contributed by atoms with van der Waals surface area (Å²) in [6.07, 6.45) is 3.09. The maximum atomic E-state index is 13.4. The van der Waals surface area contributed by atoms with Gasteiger partial charge >= 0.3 is 0 Å². The minimum absolute atomic E-state index is 0.0652. The molecule has 0 aliphatic carbocycles. The van der Waals surface area contributed by atoms with Crippen LogP contribution in [0.5, 0.6) is 0 Å². The van der Waals surface area contributed by atoms with Crippen molar-refractivity contribution < 1.29 is 18.4 Å². The number of carbonyl (C=O) groups excluding carboxylic acids is 2. The van der Waals surface area contributed by atoms with Crippen LogP contribution in [-0.4, -0.2) is 71.8 Å². The number of benzene rings is 1. The number of carbonyl (C=O) groups is 2. The predicted molar refractivity (Wildman–Crippen MR) is 103 cm³/mol. The molecule has 154 valence electrons. The van der Waals surface area contributed by atoms with Crippen molar-refractivity contribution in [3.63, 3.8) is 0 Å². The van der Waals surface area contributed by atoms with E-state index in [1.807, 2.05) is 4.90 Å². The summed E-state index contributed by atoms with van der Waals surface area (Å²) in [4.78, 5) is 31.4. The normalized spacial score (nSPS) is 21.2. The van der Waals surface area contributed by atoms with E-state index in [2.05, 4.69) is 18.7 Å². The molecular weight excluding hydrogens is 364 g/mol. The van der Waals surface area contributed by atoms with Crippen LogP contribution in [0.1, 0.15) is 43.5 Å². The van der Waals surface area contributed by atoms with Gasteiger partial charge in [0.15, 0.2) is 11.6 Å². The molecule has 0 bridgehead atoms. The van der Waals surface area contributed by atoms with Crippen molar-refractivity contribution in [2.24, 2.45) is 5.92 Å². The molecule has 7 heteroatoms. The van der Waals surface area contributed by atoms with Crippen molar-refractivity contribution in [3.05, 3.63) is 35.4 Å². The van der Waals surface area contributed by atoms with Gasteiger partial charge in [0.25, 0.3) is 5.91 Å². The lowest BCUT2D eigenvalue weighted by atomic mass is 9.99. The molecule has 0 radical (unpaired) electrons. The van der Waals surface area contributed by atoms with Gasteiger partial charge in [-0.1, -0.05) is 20.3 Å². The van der Waals surface area contributed by atoms with Crippen LogP contribution in [0.2, 0.25) is 0 Å². The van der Waals surface area contributed by atoms with E-state index >= 15 is 0 Å². The molecule has 2 aliphatic heterocycles. The van der Waals surface area contributed by atoms with E-state index in [4.69, 9.17) is 0 Å². The highest BCUT2D eigenvalue weighted by Crippen LogP contribution is 2.21. The largest absolute Gasteiger partial charge is 0.338 e. The first-order valence-corrected chi connectivity index (χ1v) is 10.1. The number of hydrogen-bond donors (Lipinski definition) is 0. The zero-order chi connectivity index (χ0) is 20.3. The van der Waals surface area contributed by atoms with Crippen molar-refractivity contribution in [1.82, 2.24) is 14.7 Å². The Morgan fingerprint density at radius 1 is 1.00 bits per heavy atom. The monoisotopic (exact) mass is 393 g/mol. The van der Waals surface area contributed by atoms with Gasteiger partial charge in [-0.05, 0) is 43.5 Å². The first-order valence-electron chi connectivity index (χ1n) is 10.1. The predicted octanol–water partition coefficient (Wildman–Crippen LogP) is 2.76. The zero-order valence-corrected chi connectivity index (χ0v) is 16.7. The highest BCUT2D eigenvalue weighted by Gasteiger charge is 2.34. The summed E-state index contributed by atoms with van der Waals surface area (Å²) in [5.74, 6) is -1.66. The molecule has 2 saturated heterocycles. The molecule has 3 rings (SSSR count). The molecule has 2 aliphatic rings. The van der Waals surface area contributed by atoms with E-state index in [1.54, 1.807) is 4.90 Å². The van der Waals surface area contributed by atoms with Gasteiger partial charge < -0.3 is 9.80 Å². The Labute approximate surface area is 165 Å². The first kappa shape index (κ1) is 20.7. The summed E-state index contributed by atoms with van der Waals surface area (Å²) < 4.78 is 26.5. The summed E-state index contributed by atoms with van der Waals surface area (Å²) in [7, 11) is 0. The third-order valence-corrected chi connectivity index (χ3v) is 5.54. The fourth-order valence-electron chi connectivity index (χ4n) is 4.11. The Balaban J connectivity index is 1.58. The van der Waals surface area contributed by atoms with Gasteiger partial charge in [0.2, 0.25) is 5.91 Å². The van der Waals surface area contributed by atoms with Gasteiger partial charge in [-0.25, -0.2) is 8.78 Å². The molecule has 0 saturated carbocycles. The number of rotatable bonds is 4. The van der Waals surface area contributed by atoms with Crippen LogP contribution < -0.4 is 0 Å². The smallest absolute Gasteiger partial charge is 0.254 e. The summed E-state index contributed by atoms with van der Waals surface area (Å²) in [5.41, 5.74) is 0.133. The molecule has 2 heterocycles. The number of halogens is 2. The minimum atomic E-state index is -1.03. The highest BCUT2D eigenvalue weighted by molar-refractivity contribution is 5.94. The van der Waals surface area contributed by atoms with E-state index in [1.165, 1.54) is 6.07 Å². The van der Waals surface area contributed by atoms with Crippen molar-refractivity contribution in [3.8, 4) is 0 Å². The Kier molecular flexibility index (Phi) is 6.65. The fourth-order valence-corrected chi connectivity index (χ4v) is 4.11. The number of hydrogen-bond acceptors (Lipinski definition) is 3. The third kappa shape index (κ3) is 4.69. The molecule has 0 unspecified atom stereocenters. The first-order chi connectivity index (χ1) is 13.4. The fraction of sp³-hybridized carbons (Fsp3) is 0.619. The van der Waals surface area contributed by atoms with Gasteiger partial charge in [0.05, 0.1) is 6.04 Å². The lowest BCUT2D eigenvalue weighted by Gasteiger charge is -2.41. The second kappa shape index (κ2) is 8.99. The molecular formula is C21H29F2N3O2. The summed E-state index contributed by atoms with van der Waals surface area (Å²) in [6, 6.07) is 3.13. The SMILES string of the molecule is CC(C)CN1CCCC[C@@H]1C(=O)N1CCN(C(=O)c2ccc(F)c(F)c2)CC1. The molecule has 2 fully saturated rings. The maximum Gasteiger partial charge on any atom is 0.254 e. The van der Waals surface area contributed by atoms with Crippen LogP contribution in [0.4, 0.5) is 8.78 Å². The van der Waals surface area contributed by atoms with Crippen LogP contribution >= 0.6 is 0 Å². The van der Waals surface area contributed by atoms with Crippen LogP contribution in [0.25, 0.3) is 0 Å². The molecule has 0 N–H and O–H groups in total. The third-order valence-electron chi connectivity index (χ3n) is 5.54. The van der Waals surface area contributed by atoms with Crippen LogP contribution in [0.3, 0.4) is 0 Å². The van der Waals surface area contributed by atoms with E-state index in [0.717, 1.165) is 44.5 Å². The van der Waals surface area contributed by atoms with E-state index in [9.17, 15) is 18.4 Å². The lowest BCUT2D eigenvalue weighted by Crippen LogP contribution is -2.57. The second-order valence-corrected chi connectivity index (χ2v) is 8.15. The van der Waals surface area contributed by atoms with E-state index in [-0.39, 0.29) is 23.4 Å². The van der Waals surface area contributed by atoms with Crippen molar-refractivity contribution in [2.45, 2.75) is 39.2 Å². The van der Waals surface area contributed by atoms with Crippen LogP contribution in [-0.2, 0) is 4.79 Å². The summed E-state index contributed by atoms with van der Waals surface area (Å²) >= 11 is 0. The second-order valence-electron chi connectivity index (χ2n) is 8.15. The molecule has 28 heavy (non-hydrogen) atoms. The number of piperidine rings is 1. The Bertz CT molecular complexity index is 718. The van der Waals surface area contributed by atoms with Gasteiger partial charge in [-0.2, -0.15) is 0 Å². The Morgan fingerprint density at radius 2 is 1.68 bits per heavy atom. The molecule has 1 aromatic carbocycles. The summed E-state index contributed by atoms with van der Waals surface area (Å²) in [6.45, 7) is 7.97. The quantitative estimate of drug-likeness (QED) is 0.790. The van der Waals surface area contributed by atoms with Gasteiger partial charge in [0.1, 0.15) is 0 Å². The van der Waals surface area contributed by atoms with Crippen LogP contribution in [0.15, 0.2) is 18.2 Å². The maximum absolute atomic E-state index is 13.4. The lowest BCUT2D eigenvalue weighted by molar-refractivity contribution is -0.140. The van der Waals surface area contributed by atoms with Crippen LogP contribution in [0, 0.1) is 17.6 Å². The molecule has 5 nitrogen and oxygen atoms in total. The average Bonchev–Trinajstić information content (AvgIpc) is 2.69. The molecule has 0 spiro atoms. The highest BCUT2D eigenvalue weighted by atomic mass is 19.2. The number of amides is 2. The molecule has 1 atom stereocenters. The molecule has 0 aromatic heterocycles. The summed E-state index contributed by atoms with van der Waals surface area (Å²) in [5, 5.41) is 0. The number of likely N-dealkylation sites (tertiary alicyclic amines) is 1. The van der Waals surface area contributed by atoms with Gasteiger partial charge in [-0.3, -0.25) is 14.5 Å². The number of nitrogens with zero attached hydrogens (tertiary/aromatic N) is 3. The molecule has 1 aromatic rings. The van der Waals surface area contributed by atoms with Crippen molar-refractivity contribution >= 4 is 11.8 Å². The Hall–Kier alpha value is -2.02.